The molecule has 0 radical (unpaired) electrons. The van der Waals surface area contributed by atoms with Crippen LogP contribution in [0, 0.1) is 5.92 Å². The number of carbonyl (C=O) groups excluding carboxylic acids is 5. The molecule has 0 unspecified atom stereocenters. The van der Waals surface area contributed by atoms with E-state index in [0.29, 0.717) is 26.3 Å². The molecule has 0 spiro atoms. The summed E-state index contributed by atoms with van der Waals surface area (Å²) in [5, 5.41) is 0. The summed E-state index contributed by atoms with van der Waals surface area (Å²) >= 11 is 0. The van der Waals surface area contributed by atoms with E-state index in [1.54, 1.807) is 78.7 Å². The molecule has 3 saturated heterocycles. The zero-order valence-electron chi connectivity index (χ0n) is 40.6. The normalized spacial score (nSPS) is 21.6. The van der Waals surface area contributed by atoms with Crippen LogP contribution in [0.15, 0.2) is 61.6 Å². The molecule has 0 aromatic rings. The highest BCUT2D eigenvalue weighted by Crippen LogP contribution is 2.13. The predicted molar refractivity (Wildman–Crippen MR) is 248 cm³/mol. The maximum atomic E-state index is 11.1. The molecule has 0 saturated carbocycles. The first kappa shape index (κ1) is 55.3. The van der Waals surface area contributed by atoms with E-state index in [2.05, 4.69) is 42.8 Å². The van der Waals surface area contributed by atoms with Crippen molar-refractivity contribution < 1.29 is 24.0 Å². The van der Waals surface area contributed by atoms with Gasteiger partial charge in [0.05, 0.1) is 33.0 Å². The van der Waals surface area contributed by atoms with Gasteiger partial charge in [-0.15, -0.1) is 0 Å². The van der Waals surface area contributed by atoms with Crippen molar-refractivity contribution >= 4 is 29.5 Å². The molecule has 7 heterocycles. The monoisotopic (exact) mass is 872 g/mol. The van der Waals surface area contributed by atoms with Crippen LogP contribution in [0.25, 0.3) is 0 Å². The van der Waals surface area contributed by atoms with Crippen LogP contribution in [0.5, 0.6) is 0 Å². The Bertz CT molecular complexity index is 1480. The molecular weight excluding hydrogens is 791 g/mol. The van der Waals surface area contributed by atoms with Crippen molar-refractivity contribution in [2.45, 2.75) is 19.8 Å². The SMILES string of the molecule is CC1CCN(C)CC1.CN1C=CC(=O)N(C)C1.CN1C=CC(=O)N(C)C=C1.CN1C=CN(C)C(=O)C1.CN1CC(=O)N(C)C1.CN1CC=CN(C)C(=O)C1.CN1CCN(C)CC1. The number of carbonyl (C=O) groups is 5. The molecular formula is C44H81N13O5. The van der Waals surface area contributed by atoms with Crippen molar-refractivity contribution in [1.82, 2.24) is 63.7 Å². The number of piperazine rings is 1. The van der Waals surface area contributed by atoms with Crippen LogP contribution in [-0.2, 0) is 24.0 Å². The first-order chi connectivity index (χ1) is 29.1. The summed E-state index contributed by atoms with van der Waals surface area (Å²) in [5.41, 5.74) is 0. The van der Waals surface area contributed by atoms with Crippen molar-refractivity contribution in [3.8, 4) is 0 Å². The summed E-state index contributed by atoms with van der Waals surface area (Å²) in [6.07, 6.45) is 20.4. The fourth-order valence-electron chi connectivity index (χ4n) is 5.83. The highest BCUT2D eigenvalue weighted by Gasteiger charge is 2.20. The van der Waals surface area contributed by atoms with E-state index < -0.39 is 0 Å². The van der Waals surface area contributed by atoms with Gasteiger partial charge in [-0.3, -0.25) is 33.8 Å². The zero-order chi connectivity index (χ0) is 46.9. The molecule has 0 bridgehead atoms. The van der Waals surface area contributed by atoms with Crippen LogP contribution in [0.1, 0.15) is 19.8 Å². The van der Waals surface area contributed by atoms with Gasteiger partial charge in [-0.25, -0.2) is 0 Å². The van der Waals surface area contributed by atoms with Crippen molar-refractivity contribution in [3.05, 3.63) is 61.6 Å². The number of amides is 5. The topological polar surface area (TPSA) is 127 Å². The Balaban J connectivity index is 0.000000362. The standard InChI is InChI=1S/C7H10N2O.C7H12N2O.C7H15N.2C6H10N2O.C6H14N2.C5H10N2O/c1-8-4-3-7(10)9(2)6-5-8;1-8-4-3-5-9(2)7(10)6-8;1-7-3-5-8(2)6-4-7;1-7-3-4-8(2)6(9)5-7;1-7-4-3-6(9)8(2)5-7;1-7-3-5-8(2)6-4-7;1-6-3-5(8)7(2)4-6/h3-6H,1-2H3;3,5H,4,6H2,1-2H3;7H,3-6H2,1-2H3;2*3-4H,5H2,1-2H3;3-6H2,1-2H3;3-4H2,1-2H3. The van der Waals surface area contributed by atoms with Crippen LogP contribution < -0.4 is 0 Å². The number of hydrogen-bond acceptors (Lipinski definition) is 13. The van der Waals surface area contributed by atoms with E-state index in [0.717, 1.165) is 19.1 Å². The van der Waals surface area contributed by atoms with Gasteiger partial charge in [-0.1, -0.05) is 13.0 Å². The Morgan fingerprint density at radius 3 is 1.37 bits per heavy atom. The van der Waals surface area contributed by atoms with Gasteiger partial charge in [0, 0.05) is 145 Å². The minimum absolute atomic E-state index is 0.000556. The Labute approximate surface area is 374 Å². The van der Waals surface area contributed by atoms with E-state index in [1.165, 1.54) is 63.1 Å². The average molecular weight is 872 g/mol. The van der Waals surface area contributed by atoms with E-state index in [9.17, 15) is 24.0 Å². The second kappa shape index (κ2) is 29.5. The average Bonchev–Trinajstić information content (AvgIpc) is 3.32. The van der Waals surface area contributed by atoms with Gasteiger partial charge in [-0.2, -0.15) is 0 Å². The van der Waals surface area contributed by atoms with Gasteiger partial charge < -0.3 is 53.9 Å². The summed E-state index contributed by atoms with van der Waals surface area (Å²) in [7, 11) is 24.9. The van der Waals surface area contributed by atoms with Crippen LogP contribution >= 0.6 is 0 Å². The summed E-state index contributed by atoms with van der Waals surface area (Å²) in [6.45, 7) is 13.8. The minimum Gasteiger partial charge on any atom is -0.370 e. The van der Waals surface area contributed by atoms with Crippen LogP contribution in [-0.4, -0.2) is 264 Å². The zero-order valence-corrected chi connectivity index (χ0v) is 40.6. The molecule has 7 aliphatic rings. The number of hydrogen-bond donors (Lipinski definition) is 0. The molecule has 0 N–H and O–H groups in total. The molecule has 7 aliphatic heterocycles. The van der Waals surface area contributed by atoms with Gasteiger partial charge in [0.15, 0.2) is 0 Å². The molecule has 18 heteroatoms. The lowest BCUT2D eigenvalue weighted by atomic mass is 10.00. The van der Waals surface area contributed by atoms with Crippen molar-refractivity contribution in [2.75, 3.05) is 170 Å². The van der Waals surface area contributed by atoms with Gasteiger partial charge in [0.25, 0.3) is 5.91 Å². The summed E-state index contributed by atoms with van der Waals surface area (Å²) in [4.78, 5) is 79.0. The second-order valence-corrected chi connectivity index (χ2v) is 17.1. The molecule has 0 aliphatic carbocycles. The summed E-state index contributed by atoms with van der Waals surface area (Å²) in [6, 6.07) is 0. The highest BCUT2D eigenvalue weighted by atomic mass is 16.2. The maximum Gasteiger partial charge on any atom is 0.251 e. The first-order valence-corrected chi connectivity index (χ1v) is 21.3. The van der Waals surface area contributed by atoms with Crippen molar-refractivity contribution in [2.24, 2.45) is 5.92 Å². The maximum absolute atomic E-state index is 11.1. The summed E-state index contributed by atoms with van der Waals surface area (Å²) < 4.78 is 0. The molecule has 5 amide bonds. The van der Waals surface area contributed by atoms with Gasteiger partial charge in [0.1, 0.15) is 0 Å². The second-order valence-electron chi connectivity index (χ2n) is 17.1. The van der Waals surface area contributed by atoms with Crippen LogP contribution in [0.3, 0.4) is 0 Å². The van der Waals surface area contributed by atoms with Crippen LogP contribution in [0.4, 0.5) is 0 Å². The smallest absolute Gasteiger partial charge is 0.251 e. The van der Waals surface area contributed by atoms with E-state index in [1.807, 2.05) is 91.5 Å². The molecule has 3 fully saturated rings. The number of piperidine rings is 1. The number of rotatable bonds is 0. The van der Waals surface area contributed by atoms with Gasteiger partial charge >= 0.3 is 0 Å². The minimum atomic E-state index is 0.000556. The lowest BCUT2D eigenvalue weighted by molar-refractivity contribution is -0.129. The largest absolute Gasteiger partial charge is 0.370 e. The van der Waals surface area contributed by atoms with Crippen molar-refractivity contribution in [3.63, 3.8) is 0 Å². The Morgan fingerprint density at radius 2 is 0.919 bits per heavy atom. The van der Waals surface area contributed by atoms with Gasteiger partial charge in [-0.05, 0) is 67.1 Å². The third kappa shape index (κ3) is 24.6. The first-order valence-electron chi connectivity index (χ1n) is 21.3. The van der Waals surface area contributed by atoms with E-state index >= 15 is 0 Å². The van der Waals surface area contributed by atoms with Gasteiger partial charge in [0.2, 0.25) is 23.6 Å². The molecule has 0 atom stereocenters. The Kier molecular flexibility index (Phi) is 26.3. The molecule has 0 aromatic heterocycles. The fourth-order valence-corrected chi connectivity index (χ4v) is 5.83. The molecule has 62 heavy (non-hydrogen) atoms. The van der Waals surface area contributed by atoms with E-state index in [4.69, 9.17) is 0 Å². The molecule has 352 valence electrons. The quantitative estimate of drug-likeness (QED) is 0.337. The third-order valence-electron chi connectivity index (χ3n) is 10.5. The molecule has 0 aromatic carbocycles. The van der Waals surface area contributed by atoms with Crippen molar-refractivity contribution in [1.29, 1.82) is 0 Å². The van der Waals surface area contributed by atoms with E-state index in [-0.39, 0.29) is 29.5 Å². The number of nitrogens with zero attached hydrogens (tertiary/aromatic N) is 13. The fraction of sp³-hybridized carbons (Fsp3) is 0.659. The van der Waals surface area contributed by atoms with Crippen LogP contribution in [0.2, 0.25) is 0 Å². The Morgan fingerprint density at radius 1 is 0.419 bits per heavy atom. The molecule has 18 nitrogen and oxygen atoms in total. The lowest BCUT2D eigenvalue weighted by Crippen LogP contribution is -2.42. The third-order valence-corrected chi connectivity index (χ3v) is 10.5. The Hall–Kier alpha value is -4.75. The highest BCUT2D eigenvalue weighted by molar-refractivity contribution is 5.88. The lowest BCUT2D eigenvalue weighted by Gasteiger charge is -2.28. The summed E-state index contributed by atoms with van der Waals surface area (Å²) in [5.74, 6) is 1.56. The number of likely N-dealkylation sites (N-methyl/N-ethyl adjacent to an activating group) is 10. The number of likely N-dealkylation sites (tertiary alicyclic amines) is 1. The predicted octanol–water partition coefficient (Wildman–Crippen LogP) is 0.561. The molecule has 7 rings (SSSR count).